The summed E-state index contributed by atoms with van der Waals surface area (Å²) >= 11 is 0. The van der Waals surface area contributed by atoms with E-state index >= 15 is 0 Å². The van der Waals surface area contributed by atoms with Gasteiger partial charge in [-0.3, -0.25) is 4.99 Å². The Morgan fingerprint density at radius 3 is 1.77 bits per heavy atom. The van der Waals surface area contributed by atoms with Crippen molar-refractivity contribution in [2.45, 2.75) is 50.9 Å². The zero-order chi connectivity index (χ0) is 30.3. The van der Waals surface area contributed by atoms with Gasteiger partial charge < -0.3 is 24.8 Å². The minimum atomic E-state index is -6.63. The molecule has 233 valence electrons. The van der Waals surface area contributed by atoms with E-state index in [4.69, 9.17) is 0 Å². The zero-order valence-electron chi connectivity index (χ0n) is 23.5. The number of hydrogen-bond acceptors (Lipinski definition) is 1. The van der Waals surface area contributed by atoms with Crippen molar-refractivity contribution in [3.63, 3.8) is 0 Å². The standard InChI is InChI=1S/C20H12F9.C10H11NSi.2ClH.Zr/c1-11-9-13-3-2-4-15(16(13)10-11)12-5-7-14(8-6-12)17(18(21,22)23,19(24,25)26)20(27,28)29;1-6-9-7-4-11-5-8(7)10(6)12(9,2)3;;;/h2-10H,1H3;4-5H,1-3H3;2*1H;/q-1;;;;+3/p-2. The number of aryl methyl sites for hydroxylation is 1. The first-order valence-electron chi connectivity index (χ1n) is 12.5. The summed E-state index contributed by atoms with van der Waals surface area (Å²) in [4.78, 5) is 4.19. The zero-order valence-corrected chi connectivity index (χ0v) is 28.4. The van der Waals surface area contributed by atoms with Gasteiger partial charge in [0.05, 0.1) is 0 Å². The summed E-state index contributed by atoms with van der Waals surface area (Å²) in [7, 11) is -1.11. The molecule has 2 bridgehead atoms. The number of alkyl halides is 9. The summed E-state index contributed by atoms with van der Waals surface area (Å²) in [5.74, 6) is 0. The van der Waals surface area contributed by atoms with E-state index in [1.165, 1.54) is 11.1 Å². The van der Waals surface area contributed by atoms with Crippen LogP contribution in [-0.4, -0.2) is 32.8 Å². The number of halogens is 11. The molecule has 0 aromatic heterocycles. The maximum Gasteiger partial charge on any atom is 3.00 e. The number of nitrogens with zero attached hydrogens (tertiary/aromatic N) is 1. The second-order valence-electron chi connectivity index (χ2n) is 10.9. The van der Waals surface area contributed by atoms with E-state index in [9.17, 15) is 39.5 Å². The van der Waals surface area contributed by atoms with Gasteiger partial charge in [0.15, 0.2) is 0 Å². The van der Waals surface area contributed by atoms with E-state index in [0.717, 1.165) is 23.1 Å². The van der Waals surface area contributed by atoms with E-state index in [2.05, 4.69) is 25.0 Å². The third-order valence-electron chi connectivity index (χ3n) is 8.04. The summed E-state index contributed by atoms with van der Waals surface area (Å²) in [6, 6.07) is 10.7. The number of aliphatic imine (C=N–C) groups is 1. The monoisotopic (exact) mass is 756 g/mol. The fraction of sp³-hybridized carbons (Fsp3) is 0.267. The molecule has 3 aromatic carbocycles. The summed E-state index contributed by atoms with van der Waals surface area (Å²) < 4.78 is 119. The van der Waals surface area contributed by atoms with Crippen LogP contribution in [0.1, 0.15) is 18.1 Å². The molecule has 7 rings (SSSR count). The van der Waals surface area contributed by atoms with E-state index in [1.54, 1.807) is 47.2 Å². The third kappa shape index (κ3) is 5.52. The number of rotatable bonds is 2. The molecular weight excluding hydrogens is 736 g/mol. The Morgan fingerprint density at radius 2 is 1.30 bits per heavy atom. The fourth-order valence-corrected chi connectivity index (χ4v) is 10.4. The number of hydrogen-bond donors (Lipinski definition) is 0. The molecule has 1 aliphatic carbocycles. The number of benzene rings is 2. The fourth-order valence-electron chi connectivity index (χ4n) is 6.44. The second-order valence-corrected chi connectivity index (χ2v) is 15.1. The molecule has 3 heterocycles. The first-order chi connectivity index (χ1) is 18.8. The minimum absolute atomic E-state index is 0. The topological polar surface area (TPSA) is 12.4 Å². The summed E-state index contributed by atoms with van der Waals surface area (Å²) in [5, 5.41) is 4.79. The third-order valence-corrected chi connectivity index (χ3v) is 11.8. The first kappa shape index (κ1) is 38.2. The molecule has 44 heavy (non-hydrogen) atoms. The van der Waals surface area contributed by atoms with Crippen LogP contribution in [0.5, 0.6) is 0 Å². The van der Waals surface area contributed by atoms with Gasteiger partial charge in [-0.1, -0.05) is 61.5 Å². The van der Waals surface area contributed by atoms with Crippen LogP contribution in [0.2, 0.25) is 13.1 Å². The van der Waals surface area contributed by atoms with Gasteiger partial charge in [0.2, 0.25) is 0 Å². The molecule has 0 N–H and O–H groups in total. The van der Waals surface area contributed by atoms with Gasteiger partial charge in [-0.05, 0) is 28.4 Å². The molecule has 1 nitrogen and oxygen atoms in total. The molecule has 1 radical (unpaired) electrons. The van der Waals surface area contributed by atoms with Gasteiger partial charge >= 0.3 is 44.7 Å². The molecule has 3 aliphatic heterocycles. The Bertz CT molecular complexity index is 1650. The van der Waals surface area contributed by atoms with Crippen molar-refractivity contribution in [1.29, 1.82) is 0 Å². The maximum atomic E-state index is 13.2. The van der Waals surface area contributed by atoms with Gasteiger partial charge in [-0.15, -0.1) is 34.5 Å². The van der Waals surface area contributed by atoms with Crippen molar-refractivity contribution in [3.8, 4) is 11.1 Å². The normalized spacial score (nSPS) is 16.7. The van der Waals surface area contributed by atoms with Crippen molar-refractivity contribution in [1.82, 2.24) is 0 Å². The van der Waals surface area contributed by atoms with Crippen LogP contribution >= 0.6 is 0 Å². The molecular formula is C30H23Cl2F9NSiZr. The van der Waals surface area contributed by atoms with Crippen LogP contribution in [0.3, 0.4) is 0 Å². The maximum absolute atomic E-state index is 13.2. The smallest absolute Gasteiger partial charge is 1.00 e. The SMILES string of the molecule is CC1=C2C3=CN=CC3=C1[Si]2(C)C.Cc1cc2c(-c3ccc(C(C(F)(F)F)(C(F)(F)F)C(F)(F)F)cc3)cccc2[cH-]1.[Cl-].[Cl-].[Zr+3]. The Morgan fingerprint density at radius 1 is 0.750 bits per heavy atom. The Hall–Kier alpha value is -2.01. The van der Waals surface area contributed by atoms with Gasteiger partial charge in [-0.2, -0.15) is 45.6 Å². The van der Waals surface area contributed by atoms with Crippen molar-refractivity contribution in [2.24, 2.45) is 4.99 Å². The van der Waals surface area contributed by atoms with Crippen molar-refractivity contribution in [3.05, 3.63) is 99.0 Å². The van der Waals surface area contributed by atoms with Crippen LogP contribution in [0.15, 0.2) is 92.9 Å². The quantitative estimate of drug-likeness (QED) is 0.214. The Balaban J connectivity index is 0.000000376. The Labute approximate surface area is 280 Å². The van der Waals surface area contributed by atoms with Gasteiger partial charge in [0.1, 0.15) is 8.07 Å². The molecule has 14 heteroatoms. The van der Waals surface area contributed by atoms with Crippen LogP contribution in [0, 0.1) is 6.92 Å². The van der Waals surface area contributed by atoms with Crippen LogP contribution < -0.4 is 24.8 Å². The number of allylic oxidation sites excluding steroid dienone is 5. The molecule has 4 aliphatic rings. The molecule has 0 amide bonds. The average Bonchev–Trinajstić information content (AvgIpc) is 3.53. The van der Waals surface area contributed by atoms with E-state index < -0.39 is 37.6 Å². The van der Waals surface area contributed by atoms with Crippen LogP contribution in [0.4, 0.5) is 39.5 Å². The molecule has 0 spiro atoms. The van der Waals surface area contributed by atoms with Crippen LogP contribution in [0.25, 0.3) is 21.9 Å². The van der Waals surface area contributed by atoms with Gasteiger partial charge in [0, 0.05) is 23.6 Å². The van der Waals surface area contributed by atoms with Crippen LogP contribution in [-0.2, 0) is 31.6 Å². The predicted molar refractivity (Wildman–Crippen MR) is 143 cm³/mol. The van der Waals surface area contributed by atoms with E-state index in [0.29, 0.717) is 10.9 Å². The molecule has 0 saturated heterocycles. The van der Waals surface area contributed by atoms with Gasteiger partial charge in [0.25, 0.3) is 5.41 Å². The summed E-state index contributed by atoms with van der Waals surface area (Å²) in [6.07, 6.45) is -15.8. The summed E-state index contributed by atoms with van der Waals surface area (Å²) in [6.45, 7) is 8.93. The van der Waals surface area contributed by atoms with Crippen molar-refractivity contribution >= 4 is 25.1 Å². The van der Waals surface area contributed by atoms with Crippen molar-refractivity contribution < 1.29 is 90.5 Å². The molecule has 0 unspecified atom stereocenters. The molecule has 0 atom stereocenters. The number of fused-ring (bicyclic) bond motifs is 1. The van der Waals surface area contributed by atoms with E-state index in [1.807, 2.05) is 18.5 Å². The Kier molecular flexibility index (Phi) is 10.7. The first-order valence-corrected chi connectivity index (χ1v) is 15.5. The van der Waals surface area contributed by atoms with E-state index in [-0.39, 0.29) is 68.7 Å². The average molecular weight is 759 g/mol. The molecule has 0 fully saturated rings. The van der Waals surface area contributed by atoms with Crippen molar-refractivity contribution in [2.75, 3.05) is 0 Å². The molecule has 3 aromatic rings. The molecule has 0 saturated carbocycles. The second kappa shape index (κ2) is 12.3. The predicted octanol–water partition coefficient (Wildman–Crippen LogP) is 3.85. The largest absolute Gasteiger partial charge is 3.00 e. The minimum Gasteiger partial charge on any atom is -1.00 e. The van der Waals surface area contributed by atoms with Gasteiger partial charge in [-0.25, -0.2) is 0 Å². The summed E-state index contributed by atoms with van der Waals surface area (Å²) in [5.41, 5.74) is -1.90.